The zero-order chi connectivity index (χ0) is 25.0. The van der Waals surface area contributed by atoms with Gasteiger partial charge < -0.3 is 91.2 Å². The Morgan fingerprint density at radius 1 is 0.314 bits per heavy atom. The average molecular weight is 787 g/mol. The van der Waals surface area contributed by atoms with Gasteiger partial charge in [-0.3, -0.25) is 0 Å². The van der Waals surface area contributed by atoms with Crippen LogP contribution in [-0.4, -0.2) is 58.2 Å². The number of aliphatic carboxylic acids is 7. The third-order valence-electron chi connectivity index (χ3n) is 0. The van der Waals surface area contributed by atoms with Crippen molar-refractivity contribution in [3.63, 3.8) is 0 Å². The summed E-state index contributed by atoms with van der Waals surface area (Å²) >= 11 is 0. The van der Waals surface area contributed by atoms with Crippen LogP contribution in [0.2, 0.25) is 0 Å². The van der Waals surface area contributed by atoms with Gasteiger partial charge >= 0.3 is 58.4 Å². The molecule has 18 nitrogen and oxygen atoms in total. The van der Waals surface area contributed by atoms with Gasteiger partial charge in [-0.25, -0.2) is 0 Å². The normalized spacial score (nSPS) is 5.00. The van der Waals surface area contributed by atoms with Crippen LogP contribution in [0.5, 0.6) is 0 Å². The third kappa shape index (κ3) is 7200. The van der Waals surface area contributed by atoms with Crippen LogP contribution in [-0.2, 0) is 97.5 Å². The minimum absolute atomic E-state index is 0. The Balaban J connectivity index is -0.0000000119. The maximum atomic E-state index is 8.89. The predicted octanol–water partition coefficient (Wildman–Crippen LogP) is -11.3. The quantitative estimate of drug-likeness (QED) is 0.206. The van der Waals surface area contributed by atoms with Gasteiger partial charge in [0, 0.05) is 41.8 Å². The van der Waals surface area contributed by atoms with Crippen LogP contribution in [0.15, 0.2) is 0 Å². The van der Waals surface area contributed by atoms with Gasteiger partial charge in [0.05, 0.1) is 0 Å². The number of carboxylic acid groups (broad SMARTS) is 7. The summed E-state index contributed by atoms with van der Waals surface area (Å²) in [6, 6.07) is 0. The van der Waals surface area contributed by atoms with Crippen molar-refractivity contribution in [1.82, 2.24) is 0 Å². The van der Waals surface area contributed by atoms with Crippen molar-refractivity contribution in [3.8, 4) is 0 Å². The molecule has 0 fully saturated rings. The number of carboxylic acids is 7. The first-order valence-corrected chi connectivity index (χ1v) is 6.36. The Morgan fingerprint density at radius 3 is 0.314 bits per heavy atom. The monoisotopic (exact) mass is 789 g/mol. The second-order valence-electron chi connectivity index (χ2n) is 3.44. The molecule has 0 atom stereocenters. The van der Waals surface area contributed by atoms with E-state index in [1.54, 1.807) is 0 Å². The molecular formula is C14H27O18Ru3. The van der Waals surface area contributed by atoms with Gasteiger partial charge in [0.1, 0.15) is 0 Å². The molecular weight excluding hydrogens is 759 g/mol. The van der Waals surface area contributed by atoms with Crippen molar-refractivity contribution in [2.24, 2.45) is 0 Å². The Hall–Kier alpha value is -2.00. The Labute approximate surface area is 239 Å². The van der Waals surface area contributed by atoms with E-state index in [0.29, 0.717) is 0 Å². The number of hydrogen-bond donors (Lipinski definition) is 0. The fourth-order valence-electron chi connectivity index (χ4n) is 0. The van der Waals surface area contributed by atoms with Crippen LogP contribution in [0, 0.1) is 0 Å². The maximum Gasteiger partial charge on any atom is 3.00 e. The molecule has 215 valence electrons. The van der Waals surface area contributed by atoms with Gasteiger partial charge in [-0.05, 0) is 48.5 Å². The standard InChI is InChI=1S/7C2H4O2.3H2O.O.3Ru/c7*1-2(3)4;;;;;;;/h7*1H3,(H,3,4);3*1H2;;;;/q;;;;;;;;;;-2;3*+3/p-7. The minimum Gasteiger partial charge on any atom is -2.00 e. The third-order valence-corrected chi connectivity index (χ3v) is 0. The SMILES string of the molecule is CC(=O)[O-].CC(=O)[O-].CC(=O)[O-].CC(=O)[O-].CC(=O)[O-].CC(=O)[O-].CC(=O)[O-].O.O.O.[O-2].[Ru+3].[Ru+3].[Ru+3]. The van der Waals surface area contributed by atoms with Gasteiger partial charge in [0.25, 0.3) is 0 Å². The van der Waals surface area contributed by atoms with E-state index in [4.69, 9.17) is 69.3 Å². The molecule has 21 heteroatoms. The first-order valence-electron chi connectivity index (χ1n) is 6.36. The molecule has 0 unspecified atom stereocenters. The number of hydrogen-bond acceptors (Lipinski definition) is 14. The summed E-state index contributed by atoms with van der Waals surface area (Å²) in [7, 11) is 0. The largest absolute Gasteiger partial charge is 3.00 e. The molecule has 0 aromatic rings. The second-order valence-corrected chi connectivity index (χ2v) is 3.44. The van der Waals surface area contributed by atoms with E-state index in [9.17, 15) is 0 Å². The van der Waals surface area contributed by atoms with E-state index < -0.39 is 41.8 Å². The summed E-state index contributed by atoms with van der Waals surface area (Å²) < 4.78 is 0. The van der Waals surface area contributed by atoms with Crippen molar-refractivity contribution in [2.45, 2.75) is 48.5 Å². The topological polar surface area (TPSA) is 404 Å². The molecule has 35 heavy (non-hydrogen) atoms. The van der Waals surface area contributed by atoms with E-state index in [-0.39, 0.29) is 80.3 Å². The van der Waals surface area contributed by atoms with E-state index in [0.717, 1.165) is 48.5 Å². The maximum absolute atomic E-state index is 8.89. The first kappa shape index (κ1) is 93.6. The van der Waals surface area contributed by atoms with Crippen molar-refractivity contribution in [1.29, 1.82) is 0 Å². The van der Waals surface area contributed by atoms with Crippen LogP contribution < -0.4 is 35.7 Å². The summed E-state index contributed by atoms with van der Waals surface area (Å²) in [5.41, 5.74) is 0. The number of rotatable bonds is 0. The molecule has 0 aliphatic heterocycles. The molecule has 0 spiro atoms. The van der Waals surface area contributed by atoms with Crippen LogP contribution in [0.1, 0.15) is 48.5 Å². The van der Waals surface area contributed by atoms with Gasteiger partial charge in [0.15, 0.2) is 0 Å². The fourth-order valence-corrected chi connectivity index (χ4v) is 0. The van der Waals surface area contributed by atoms with Crippen molar-refractivity contribution in [2.75, 3.05) is 0 Å². The molecule has 0 saturated carbocycles. The van der Waals surface area contributed by atoms with Gasteiger partial charge in [-0.15, -0.1) is 0 Å². The van der Waals surface area contributed by atoms with E-state index in [2.05, 4.69) is 0 Å². The van der Waals surface area contributed by atoms with Gasteiger partial charge in [-0.1, -0.05) is 0 Å². The van der Waals surface area contributed by atoms with Crippen LogP contribution in [0.4, 0.5) is 0 Å². The molecule has 6 N–H and O–H groups in total. The van der Waals surface area contributed by atoms with Crippen molar-refractivity contribution >= 4 is 41.8 Å². The molecule has 0 amide bonds. The smallest absolute Gasteiger partial charge is 2.00 e. The Kier molecular flexibility index (Phi) is 228. The minimum atomic E-state index is -1.08. The average Bonchev–Trinajstić information content (AvgIpc) is 2.20. The number of carbonyl (C=O) groups excluding carboxylic acids is 7. The van der Waals surface area contributed by atoms with Crippen LogP contribution in [0.3, 0.4) is 0 Å². The summed E-state index contributed by atoms with van der Waals surface area (Å²) in [5.74, 6) is -7.58. The van der Waals surface area contributed by atoms with E-state index >= 15 is 0 Å². The summed E-state index contributed by atoms with van der Waals surface area (Å²) in [6.07, 6.45) is 0. The predicted molar refractivity (Wildman–Crippen MR) is 86.3 cm³/mol. The van der Waals surface area contributed by atoms with Crippen LogP contribution >= 0.6 is 0 Å². The Bertz CT molecular complexity index is 325. The van der Waals surface area contributed by atoms with Crippen LogP contribution in [0.25, 0.3) is 0 Å². The van der Waals surface area contributed by atoms with E-state index in [1.165, 1.54) is 0 Å². The molecule has 0 aromatic heterocycles. The zero-order valence-electron chi connectivity index (χ0n) is 19.2. The van der Waals surface area contributed by atoms with Crippen molar-refractivity contribution < 1.29 is 150 Å². The van der Waals surface area contributed by atoms with E-state index in [1.807, 2.05) is 0 Å². The molecule has 0 aromatic carbocycles. The molecule has 0 rings (SSSR count). The molecule has 0 aliphatic carbocycles. The second kappa shape index (κ2) is 85.2. The summed E-state index contributed by atoms with van der Waals surface area (Å²) in [6.45, 7) is 6.81. The molecule has 0 heterocycles. The molecule has 0 aliphatic rings. The summed E-state index contributed by atoms with van der Waals surface area (Å²) in [5, 5.41) is 62.2. The number of carbonyl (C=O) groups is 7. The molecule has 0 saturated heterocycles. The van der Waals surface area contributed by atoms with Gasteiger partial charge in [0.2, 0.25) is 0 Å². The van der Waals surface area contributed by atoms with Gasteiger partial charge in [-0.2, -0.15) is 0 Å². The molecule has 0 bridgehead atoms. The zero-order valence-corrected chi connectivity index (χ0v) is 24.4. The summed E-state index contributed by atoms with van der Waals surface area (Å²) in [4.78, 5) is 62.2. The first-order chi connectivity index (χ1) is 12.1. The fraction of sp³-hybridized carbons (Fsp3) is 0.500. The van der Waals surface area contributed by atoms with Crippen molar-refractivity contribution in [3.05, 3.63) is 0 Å². The Morgan fingerprint density at radius 2 is 0.314 bits per heavy atom. The molecule has 3 radical (unpaired) electrons.